The molecule has 0 saturated heterocycles. The van der Waals surface area contributed by atoms with Gasteiger partial charge in [-0.05, 0) is 40.9 Å². The van der Waals surface area contributed by atoms with Gasteiger partial charge in [-0.1, -0.05) is 19.3 Å². The quantitative estimate of drug-likeness (QED) is 0.560. The SMILES string of the molecule is N=C(N)c1ccc(N(CCO)C2CCCCC2)c(F)c1Br. The Kier molecular flexibility index (Phi) is 5.58. The molecule has 0 aromatic heterocycles. The van der Waals surface area contributed by atoms with Crippen LogP contribution in [0.1, 0.15) is 37.7 Å². The Labute approximate surface area is 132 Å². The highest BCUT2D eigenvalue weighted by Gasteiger charge is 2.25. The average Bonchev–Trinajstić information content (AvgIpc) is 2.48. The van der Waals surface area contributed by atoms with E-state index in [9.17, 15) is 9.50 Å². The van der Waals surface area contributed by atoms with E-state index in [-0.39, 0.29) is 23.0 Å². The molecule has 1 aliphatic rings. The Morgan fingerprint density at radius 1 is 1.38 bits per heavy atom. The van der Waals surface area contributed by atoms with Crippen molar-refractivity contribution in [2.24, 2.45) is 5.73 Å². The van der Waals surface area contributed by atoms with E-state index >= 15 is 0 Å². The van der Waals surface area contributed by atoms with Crippen molar-refractivity contribution in [1.82, 2.24) is 0 Å². The number of amidine groups is 1. The minimum Gasteiger partial charge on any atom is -0.395 e. The number of hydrogen-bond acceptors (Lipinski definition) is 3. The number of anilines is 1. The monoisotopic (exact) mass is 357 g/mol. The van der Waals surface area contributed by atoms with Crippen LogP contribution in [0.15, 0.2) is 16.6 Å². The molecule has 1 fully saturated rings. The number of aliphatic hydroxyl groups is 1. The van der Waals surface area contributed by atoms with E-state index < -0.39 is 5.82 Å². The molecule has 0 atom stereocenters. The fraction of sp³-hybridized carbons (Fsp3) is 0.533. The molecule has 21 heavy (non-hydrogen) atoms. The minimum absolute atomic E-state index is 0.0119. The summed E-state index contributed by atoms with van der Waals surface area (Å²) in [7, 11) is 0. The van der Waals surface area contributed by atoms with E-state index in [2.05, 4.69) is 15.9 Å². The van der Waals surface area contributed by atoms with Gasteiger partial charge < -0.3 is 15.7 Å². The second kappa shape index (κ2) is 7.22. The van der Waals surface area contributed by atoms with E-state index in [0.717, 1.165) is 25.7 Å². The van der Waals surface area contributed by atoms with Crippen molar-refractivity contribution in [2.45, 2.75) is 38.1 Å². The number of nitrogens with two attached hydrogens (primary N) is 1. The standard InChI is InChI=1S/C15H21BrFN3O/c16-13-11(15(18)19)6-7-12(14(13)17)20(8-9-21)10-4-2-1-3-5-10/h6-7,10,21H,1-5,8-9H2,(H3,18,19). The summed E-state index contributed by atoms with van der Waals surface area (Å²) in [5.74, 6) is -0.583. The molecule has 1 aromatic carbocycles. The molecule has 0 aliphatic heterocycles. The van der Waals surface area contributed by atoms with Gasteiger partial charge in [-0.3, -0.25) is 5.41 Å². The van der Waals surface area contributed by atoms with Gasteiger partial charge >= 0.3 is 0 Å². The zero-order chi connectivity index (χ0) is 15.4. The maximum absolute atomic E-state index is 14.6. The fourth-order valence-electron chi connectivity index (χ4n) is 2.97. The summed E-state index contributed by atoms with van der Waals surface area (Å²) in [6.07, 6.45) is 5.54. The lowest BCUT2D eigenvalue weighted by atomic mass is 9.93. The van der Waals surface area contributed by atoms with Gasteiger partial charge in [0.1, 0.15) is 5.84 Å². The maximum atomic E-state index is 14.6. The zero-order valence-corrected chi connectivity index (χ0v) is 13.5. The smallest absolute Gasteiger partial charge is 0.161 e. The first-order valence-corrected chi connectivity index (χ1v) is 8.05. The van der Waals surface area contributed by atoms with Crippen molar-refractivity contribution in [3.8, 4) is 0 Å². The number of aliphatic hydroxyl groups excluding tert-OH is 1. The predicted molar refractivity (Wildman–Crippen MR) is 86.4 cm³/mol. The molecule has 116 valence electrons. The first-order valence-electron chi connectivity index (χ1n) is 7.26. The second-order valence-electron chi connectivity index (χ2n) is 5.38. The Balaban J connectivity index is 2.35. The normalized spacial score (nSPS) is 16.0. The van der Waals surface area contributed by atoms with Crippen LogP contribution >= 0.6 is 15.9 Å². The van der Waals surface area contributed by atoms with E-state index in [1.165, 1.54) is 6.42 Å². The van der Waals surface area contributed by atoms with E-state index in [1.807, 2.05) is 4.90 Å². The molecular weight excluding hydrogens is 337 g/mol. The van der Waals surface area contributed by atoms with Crippen molar-refractivity contribution in [2.75, 3.05) is 18.1 Å². The average molecular weight is 358 g/mol. The lowest BCUT2D eigenvalue weighted by Gasteiger charge is -2.36. The predicted octanol–water partition coefficient (Wildman–Crippen LogP) is 3.00. The van der Waals surface area contributed by atoms with Crippen molar-refractivity contribution in [3.63, 3.8) is 0 Å². The molecule has 1 saturated carbocycles. The molecule has 0 spiro atoms. The molecule has 1 aliphatic carbocycles. The van der Waals surface area contributed by atoms with Gasteiger partial charge in [0.2, 0.25) is 0 Å². The third-order valence-electron chi connectivity index (χ3n) is 4.02. The first-order chi connectivity index (χ1) is 10.1. The number of halogens is 2. The largest absolute Gasteiger partial charge is 0.395 e. The molecule has 0 heterocycles. The summed E-state index contributed by atoms with van der Waals surface area (Å²) in [5.41, 5.74) is 6.26. The summed E-state index contributed by atoms with van der Waals surface area (Å²) in [6, 6.07) is 3.56. The Bertz CT molecular complexity index is 518. The topological polar surface area (TPSA) is 73.3 Å². The van der Waals surface area contributed by atoms with Crippen LogP contribution in [-0.2, 0) is 0 Å². The van der Waals surface area contributed by atoms with Crippen molar-refractivity contribution in [1.29, 1.82) is 5.41 Å². The number of nitrogens with one attached hydrogen (secondary N) is 1. The first kappa shape index (κ1) is 16.2. The van der Waals surface area contributed by atoms with Gasteiger partial charge in [-0.2, -0.15) is 0 Å². The highest BCUT2D eigenvalue weighted by Crippen LogP contribution is 2.33. The van der Waals surface area contributed by atoms with Crippen LogP contribution in [0, 0.1) is 11.2 Å². The minimum atomic E-state index is -0.415. The lowest BCUT2D eigenvalue weighted by Crippen LogP contribution is -2.39. The van der Waals surface area contributed by atoms with Crippen LogP contribution in [0.25, 0.3) is 0 Å². The molecule has 0 bridgehead atoms. The second-order valence-corrected chi connectivity index (χ2v) is 6.18. The van der Waals surface area contributed by atoms with Crippen LogP contribution in [-0.4, -0.2) is 30.1 Å². The van der Waals surface area contributed by atoms with Crippen molar-refractivity contribution in [3.05, 3.63) is 28.0 Å². The number of benzene rings is 1. The molecule has 1 aromatic rings. The van der Waals surface area contributed by atoms with E-state index in [4.69, 9.17) is 11.1 Å². The Morgan fingerprint density at radius 2 is 2.05 bits per heavy atom. The van der Waals surface area contributed by atoms with Gasteiger partial charge in [-0.15, -0.1) is 0 Å². The molecule has 0 radical (unpaired) electrons. The lowest BCUT2D eigenvalue weighted by molar-refractivity contribution is 0.289. The summed E-state index contributed by atoms with van der Waals surface area (Å²) >= 11 is 3.19. The van der Waals surface area contributed by atoms with Gasteiger partial charge in [0.15, 0.2) is 5.82 Å². The molecule has 0 unspecified atom stereocenters. The van der Waals surface area contributed by atoms with Crippen LogP contribution < -0.4 is 10.6 Å². The molecular formula is C15H21BrFN3O. The Hall–Kier alpha value is -1.14. The number of nitrogen functional groups attached to an aromatic ring is 1. The number of nitrogens with zero attached hydrogens (tertiary/aromatic N) is 1. The highest BCUT2D eigenvalue weighted by atomic mass is 79.9. The van der Waals surface area contributed by atoms with Gasteiger partial charge in [-0.25, -0.2) is 4.39 Å². The third-order valence-corrected chi connectivity index (χ3v) is 4.79. The third kappa shape index (κ3) is 3.55. The summed E-state index contributed by atoms with van der Waals surface area (Å²) < 4.78 is 14.8. The molecule has 4 nitrogen and oxygen atoms in total. The molecule has 0 amide bonds. The Morgan fingerprint density at radius 3 is 2.62 bits per heavy atom. The zero-order valence-electron chi connectivity index (χ0n) is 11.9. The van der Waals surface area contributed by atoms with Crippen molar-refractivity contribution >= 4 is 27.5 Å². The van der Waals surface area contributed by atoms with Crippen LogP contribution in [0.2, 0.25) is 0 Å². The summed E-state index contributed by atoms with van der Waals surface area (Å²) in [5, 5.41) is 16.8. The highest BCUT2D eigenvalue weighted by molar-refractivity contribution is 9.10. The summed E-state index contributed by atoms with van der Waals surface area (Å²) in [6.45, 7) is 0.398. The molecule has 6 heteroatoms. The van der Waals surface area contributed by atoms with Crippen LogP contribution in [0.4, 0.5) is 10.1 Å². The fourth-order valence-corrected chi connectivity index (χ4v) is 3.52. The van der Waals surface area contributed by atoms with Gasteiger partial charge in [0, 0.05) is 18.2 Å². The molecule has 2 rings (SSSR count). The van der Waals surface area contributed by atoms with Gasteiger partial charge in [0.05, 0.1) is 16.8 Å². The number of hydrogen-bond donors (Lipinski definition) is 3. The molecule has 4 N–H and O–H groups in total. The van der Waals surface area contributed by atoms with Crippen LogP contribution in [0.5, 0.6) is 0 Å². The van der Waals surface area contributed by atoms with Crippen LogP contribution in [0.3, 0.4) is 0 Å². The summed E-state index contributed by atoms with van der Waals surface area (Å²) in [4.78, 5) is 1.95. The van der Waals surface area contributed by atoms with Gasteiger partial charge in [0.25, 0.3) is 0 Å². The van der Waals surface area contributed by atoms with Crippen molar-refractivity contribution < 1.29 is 9.50 Å². The van der Waals surface area contributed by atoms with E-state index in [1.54, 1.807) is 12.1 Å². The number of rotatable bonds is 5. The van der Waals surface area contributed by atoms with E-state index in [0.29, 0.717) is 17.8 Å². The maximum Gasteiger partial charge on any atom is 0.161 e.